The molecule has 1 aliphatic heterocycles. The Hall–Kier alpha value is -1.75. The molecule has 2 amide bonds. The van der Waals surface area contributed by atoms with Gasteiger partial charge in [-0.3, -0.25) is 0 Å². The van der Waals surface area contributed by atoms with E-state index in [1.165, 1.54) is 0 Å². The van der Waals surface area contributed by atoms with Crippen molar-refractivity contribution in [3.63, 3.8) is 0 Å². The first-order valence-corrected chi connectivity index (χ1v) is 7.81. The van der Waals surface area contributed by atoms with E-state index in [0.29, 0.717) is 0 Å². The number of furan rings is 1. The predicted octanol–water partition coefficient (Wildman–Crippen LogP) is 4.72. The van der Waals surface area contributed by atoms with Crippen molar-refractivity contribution in [2.24, 2.45) is 0 Å². The maximum absolute atomic E-state index is 12.5. The Kier molecular flexibility index (Phi) is 4.01. The number of halogens is 1. The van der Waals surface area contributed by atoms with Gasteiger partial charge in [0, 0.05) is 16.7 Å². The number of urea groups is 1. The van der Waals surface area contributed by atoms with Crippen molar-refractivity contribution < 1.29 is 9.21 Å². The summed E-state index contributed by atoms with van der Waals surface area (Å²) in [7, 11) is 0. The van der Waals surface area contributed by atoms with Crippen LogP contribution in [0, 0.1) is 6.92 Å². The first-order chi connectivity index (χ1) is 10.1. The van der Waals surface area contributed by atoms with Gasteiger partial charge < -0.3 is 14.6 Å². The largest absolute Gasteiger partial charge is 0.467 e. The Balaban J connectivity index is 1.73. The van der Waals surface area contributed by atoms with E-state index in [-0.39, 0.29) is 12.1 Å². The normalized spacial score (nSPS) is 18.0. The lowest BCUT2D eigenvalue weighted by Crippen LogP contribution is -2.34. The summed E-state index contributed by atoms with van der Waals surface area (Å²) in [6.45, 7) is 2.76. The standard InChI is InChI=1S/C16H17BrN2O2/c1-11-10-12(6-7-13(11)17)18-16(20)19-8-2-4-14(19)15-5-3-9-21-15/h3,5-7,9-10,14H,2,4,8H2,1H3,(H,18,20). The van der Waals surface area contributed by atoms with Gasteiger partial charge in [0.2, 0.25) is 0 Å². The summed E-state index contributed by atoms with van der Waals surface area (Å²) in [5.74, 6) is 0.856. The minimum atomic E-state index is -0.0735. The van der Waals surface area contributed by atoms with Crippen LogP contribution < -0.4 is 5.32 Å². The molecule has 1 atom stereocenters. The quantitative estimate of drug-likeness (QED) is 0.853. The number of amides is 2. The van der Waals surface area contributed by atoms with E-state index in [1.54, 1.807) is 6.26 Å². The average Bonchev–Trinajstić information content (AvgIpc) is 3.12. The number of anilines is 1. The number of hydrogen-bond acceptors (Lipinski definition) is 2. The van der Waals surface area contributed by atoms with Crippen molar-refractivity contribution in [2.75, 3.05) is 11.9 Å². The summed E-state index contributed by atoms with van der Waals surface area (Å²) in [6.07, 6.45) is 3.60. The highest BCUT2D eigenvalue weighted by molar-refractivity contribution is 9.10. The zero-order valence-corrected chi connectivity index (χ0v) is 13.4. The molecule has 1 aliphatic rings. The number of carbonyl (C=O) groups excluding carboxylic acids is 1. The molecule has 1 aromatic carbocycles. The van der Waals surface area contributed by atoms with Crippen LogP contribution in [0.5, 0.6) is 0 Å². The lowest BCUT2D eigenvalue weighted by Gasteiger charge is -2.23. The van der Waals surface area contributed by atoms with Crippen molar-refractivity contribution in [1.82, 2.24) is 4.90 Å². The fourth-order valence-corrected chi connectivity index (χ4v) is 2.95. The minimum absolute atomic E-state index is 0.0385. The fraction of sp³-hybridized carbons (Fsp3) is 0.312. The Morgan fingerprint density at radius 1 is 1.43 bits per heavy atom. The van der Waals surface area contributed by atoms with E-state index in [0.717, 1.165) is 40.9 Å². The average molecular weight is 349 g/mol. The number of nitrogens with one attached hydrogen (secondary N) is 1. The van der Waals surface area contributed by atoms with Crippen LogP contribution in [0.1, 0.15) is 30.2 Å². The van der Waals surface area contributed by atoms with Gasteiger partial charge in [-0.25, -0.2) is 4.79 Å². The van der Waals surface area contributed by atoms with E-state index in [1.807, 2.05) is 42.2 Å². The van der Waals surface area contributed by atoms with E-state index in [9.17, 15) is 4.79 Å². The molecular formula is C16H17BrN2O2. The molecule has 0 radical (unpaired) electrons. The molecule has 4 nitrogen and oxygen atoms in total. The minimum Gasteiger partial charge on any atom is -0.467 e. The van der Waals surface area contributed by atoms with Gasteiger partial charge in [-0.1, -0.05) is 15.9 Å². The molecule has 1 N–H and O–H groups in total. The van der Waals surface area contributed by atoms with Gasteiger partial charge in [-0.2, -0.15) is 0 Å². The summed E-state index contributed by atoms with van der Waals surface area (Å²) in [6, 6.07) is 9.56. The first-order valence-electron chi connectivity index (χ1n) is 7.02. The van der Waals surface area contributed by atoms with Gasteiger partial charge >= 0.3 is 6.03 Å². The van der Waals surface area contributed by atoms with Gasteiger partial charge in [0.25, 0.3) is 0 Å². The molecule has 1 aromatic heterocycles. The second kappa shape index (κ2) is 5.93. The number of hydrogen-bond donors (Lipinski definition) is 1. The molecular weight excluding hydrogens is 332 g/mol. The van der Waals surface area contributed by atoms with Gasteiger partial charge in [0.05, 0.1) is 12.3 Å². The van der Waals surface area contributed by atoms with Gasteiger partial charge in [0.15, 0.2) is 0 Å². The molecule has 0 saturated carbocycles. The Bertz CT molecular complexity index is 640. The lowest BCUT2D eigenvalue weighted by molar-refractivity contribution is 0.200. The van der Waals surface area contributed by atoms with Crippen molar-refractivity contribution in [2.45, 2.75) is 25.8 Å². The second-order valence-electron chi connectivity index (χ2n) is 5.26. The summed E-state index contributed by atoms with van der Waals surface area (Å²) in [4.78, 5) is 14.3. The monoisotopic (exact) mass is 348 g/mol. The molecule has 110 valence electrons. The maximum Gasteiger partial charge on any atom is 0.322 e. The van der Waals surface area contributed by atoms with Crippen LogP contribution in [0.2, 0.25) is 0 Å². The van der Waals surface area contributed by atoms with Crippen LogP contribution >= 0.6 is 15.9 Å². The zero-order valence-electron chi connectivity index (χ0n) is 11.8. The van der Waals surface area contributed by atoms with Gasteiger partial charge in [0.1, 0.15) is 5.76 Å². The van der Waals surface area contributed by atoms with E-state index >= 15 is 0 Å². The van der Waals surface area contributed by atoms with Crippen molar-refractivity contribution >= 4 is 27.6 Å². The smallest absolute Gasteiger partial charge is 0.322 e. The molecule has 0 spiro atoms. The molecule has 0 aliphatic carbocycles. The highest BCUT2D eigenvalue weighted by Gasteiger charge is 2.31. The van der Waals surface area contributed by atoms with Gasteiger partial charge in [-0.15, -0.1) is 0 Å². The topological polar surface area (TPSA) is 45.5 Å². The molecule has 0 bridgehead atoms. The molecule has 1 saturated heterocycles. The number of aryl methyl sites for hydroxylation is 1. The molecule has 1 fully saturated rings. The van der Waals surface area contributed by atoms with Crippen LogP contribution in [0.25, 0.3) is 0 Å². The van der Waals surface area contributed by atoms with Crippen LogP contribution in [0.3, 0.4) is 0 Å². The van der Waals surface area contributed by atoms with Crippen molar-refractivity contribution in [1.29, 1.82) is 0 Å². The summed E-state index contributed by atoms with van der Waals surface area (Å²) in [5, 5.41) is 2.97. The molecule has 2 aromatic rings. The van der Waals surface area contributed by atoms with E-state index in [2.05, 4.69) is 21.2 Å². The SMILES string of the molecule is Cc1cc(NC(=O)N2CCCC2c2ccco2)ccc1Br. The number of nitrogens with zero attached hydrogens (tertiary/aromatic N) is 1. The molecule has 1 unspecified atom stereocenters. The van der Waals surface area contributed by atoms with Gasteiger partial charge in [-0.05, 0) is 55.7 Å². The second-order valence-corrected chi connectivity index (χ2v) is 6.12. The number of carbonyl (C=O) groups is 1. The highest BCUT2D eigenvalue weighted by atomic mass is 79.9. The number of rotatable bonds is 2. The Labute approximate surface area is 132 Å². The van der Waals surface area contributed by atoms with Crippen LogP contribution in [0.4, 0.5) is 10.5 Å². The van der Waals surface area contributed by atoms with Crippen molar-refractivity contribution in [3.8, 4) is 0 Å². The third-order valence-corrected chi connectivity index (χ3v) is 4.68. The van der Waals surface area contributed by atoms with Crippen LogP contribution in [-0.4, -0.2) is 17.5 Å². The van der Waals surface area contributed by atoms with Crippen LogP contribution in [-0.2, 0) is 0 Å². The third kappa shape index (κ3) is 2.97. The molecule has 3 rings (SSSR count). The summed E-state index contributed by atoms with van der Waals surface area (Å²) < 4.78 is 6.49. The number of likely N-dealkylation sites (tertiary alicyclic amines) is 1. The lowest BCUT2D eigenvalue weighted by atomic mass is 10.2. The fourth-order valence-electron chi connectivity index (χ4n) is 2.70. The number of benzene rings is 1. The molecule has 5 heteroatoms. The Morgan fingerprint density at radius 2 is 2.29 bits per heavy atom. The van der Waals surface area contributed by atoms with Crippen LogP contribution in [0.15, 0.2) is 45.5 Å². The maximum atomic E-state index is 12.5. The molecule has 2 heterocycles. The zero-order chi connectivity index (χ0) is 14.8. The third-order valence-electron chi connectivity index (χ3n) is 3.79. The van der Waals surface area contributed by atoms with E-state index < -0.39 is 0 Å². The highest BCUT2D eigenvalue weighted by Crippen LogP contribution is 2.32. The first kappa shape index (κ1) is 14.2. The molecule has 21 heavy (non-hydrogen) atoms. The Morgan fingerprint density at radius 3 is 3.00 bits per heavy atom. The predicted molar refractivity (Wildman–Crippen MR) is 85.3 cm³/mol. The van der Waals surface area contributed by atoms with Crippen molar-refractivity contribution in [3.05, 3.63) is 52.4 Å². The van der Waals surface area contributed by atoms with E-state index in [4.69, 9.17) is 4.42 Å². The summed E-state index contributed by atoms with van der Waals surface area (Å²) in [5.41, 5.74) is 1.91. The summed E-state index contributed by atoms with van der Waals surface area (Å²) >= 11 is 3.46.